The highest BCUT2D eigenvalue weighted by Gasteiger charge is 2.24. The summed E-state index contributed by atoms with van der Waals surface area (Å²) in [6.45, 7) is 7.99. The Morgan fingerprint density at radius 3 is 2.43 bits per heavy atom. The van der Waals surface area contributed by atoms with Crippen LogP contribution in [0.1, 0.15) is 37.7 Å². The summed E-state index contributed by atoms with van der Waals surface area (Å²) in [6.07, 6.45) is 3.16. The molecule has 0 spiro atoms. The molecule has 23 heavy (non-hydrogen) atoms. The topological polar surface area (TPSA) is 95.9 Å². The fraction of sp³-hybridized carbons (Fsp3) is 0.600. The molecule has 126 valence electrons. The minimum absolute atomic E-state index is 0.0843. The minimum Gasteiger partial charge on any atom is -0.476 e. The van der Waals surface area contributed by atoms with E-state index in [-0.39, 0.29) is 11.8 Å². The predicted octanol–water partition coefficient (Wildman–Crippen LogP) is 1.62. The first kappa shape index (κ1) is 17.0. The summed E-state index contributed by atoms with van der Waals surface area (Å²) in [5, 5.41) is 8.85. The largest absolute Gasteiger partial charge is 0.476 e. The average Bonchev–Trinajstić information content (AvgIpc) is 2.71. The van der Waals surface area contributed by atoms with Crippen LogP contribution in [-0.2, 0) is 4.74 Å². The number of nitrogens with zero attached hydrogens (tertiary/aromatic N) is 4. The van der Waals surface area contributed by atoms with Gasteiger partial charge in [0.1, 0.15) is 11.4 Å². The first-order valence-electron chi connectivity index (χ1n) is 7.54. The lowest BCUT2D eigenvalue weighted by Crippen LogP contribution is -2.39. The summed E-state index contributed by atoms with van der Waals surface area (Å²) in [5.74, 6) is -0.489. The minimum atomic E-state index is -1.10. The molecule has 1 aromatic heterocycles. The molecule has 2 rings (SSSR count). The fourth-order valence-corrected chi connectivity index (χ4v) is 2.25. The van der Waals surface area contributed by atoms with Crippen molar-refractivity contribution in [3.05, 3.63) is 18.1 Å². The van der Waals surface area contributed by atoms with Crippen LogP contribution in [0.25, 0.3) is 0 Å². The van der Waals surface area contributed by atoms with Crippen molar-refractivity contribution in [2.45, 2.75) is 32.8 Å². The van der Waals surface area contributed by atoms with Crippen molar-refractivity contribution in [1.82, 2.24) is 14.9 Å². The Balaban J connectivity index is 1.98. The summed E-state index contributed by atoms with van der Waals surface area (Å²) >= 11 is 0. The molecule has 0 saturated carbocycles. The van der Waals surface area contributed by atoms with E-state index >= 15 is 0 Å². The molecular weight excluding hydrogens is 300 g/mol. The maximum absolute atomic E-state index is 12.1. The zero-order valence-electron chi connectivity index (χ0n) is 13.7. The first-order chi connectivity index (χ1) is 10.8. The van der Waals surface area contributed by atoms with Crippen molar-refractivity contribution < 1.29 is 19.4 Å². The highest BCUT2D eigenvalue weighted by atomic mass is 16.6. The normalized spacial score (nSPS) is 16.0. The maximum atomic E-state index is 12.1. The number of hydrogen-bond donors (Lipinski definition) is 1. The van der Waals surface area contributed by atoms with E-state index in [0.29, 0.717) is 25.5 Å². The molecule has 1 aliphatic rings. The lowest BCUT2D eigenvalue weighted by Gasteiger charge is -2.26. The molecule has 2 heterocycles. The number of carbonyl (C=O) groups is 2. The number of ether oxygens (including phenoxy) is 1. The van der Waals surface area contributed by atoms with Crippen molar-refractivity contribution in [3.8, 4) is 0 Å². The van der Waals surface area contributed by atoms with Gasteiger partial charge < -0.3 is 19.6 Å². The van der Waals surface area contributed by atoms with Gasteiger partial charge in [-0.2, -0.15) is 0 Å². The quantitative estimate of drug-likeness (QED) is 0.883. The van der Waals surface area contributed by atoms with Gasteiger partial charge in [-0.05, 0) is 27.2 Å². The molecule has 0 atom stereocenters. The van der Waals surface area contributed by atoms with Gasteiger partial charge in [0.25, 0.3) is 0 Å². The van der Waals surface area contributed by atoms with Crippen LogP contribution in [0.3, 0.4) is 0 Å². The van der Waals surface area contributed by atoms with Crippen LogP contribution in [0.5, 0.6) is 0 Å². The van der Waals surface area contributed by atoms with E-state index in [2.05, 4.69) is 9.97 Å². The number of hydrogen-bond acceptors (Lipinski definition) is 6. The molecular formula is C15H22N4O4. The monoisotopic (exact) mass is 322 g/mol. The molecule has 1 aromatic rings. The van der Waals surface area contributed by atoms with Gasteiger partial charge in [-0.1, -0.05) is 0 Å². The summed E-state index contributed by atoms with van der Waals surface area (Å²) in [6, 6.07) is 0. The molecule has 8 nitrogen and oxygen atoms in total. The average molecular weight is 322 g/mol. The fourth-order valence-electron chi connectivity index (χ4n) is 2.25. The number of carboxylic acid groups (broad SMARTS) is 1. The van der Waals surface area contributed by atoms with Crippen molar-refractivity contribution in [2.75, 3.05) is 31.1 Å². The van der Waals surface area contributed by atoms with Gasteiger partial charge in [0, 0.05) is 26.2 Å². The van der Waals surface area contributed by atoms with Crippen molar-refractivity contribution in [3.63, 3.8) is 0 Å². The number of amides is 1. The highest BCUT2D eigenvalue weighted by molar-refractivity contribution is 5.84. The number of aromatic carboxylic acids is 1. The van der Waals surface area contributed by atoms with Crippen molar-refractivity contribution in [2.24, 2.45) is 0 Å². The Bertz CT molecular complexity index is 568. The van der Waals surface area contributed by atoms with Gasteiger partial charge >= 0.3 is 12.1 Å². The standard InChI is InChI=1S/C15H22N4O4/c1-15(2,3)23-14(22)19-6-4-5-18(7-8-19)12-10-16-11(9-17-12)13(20)21/h9-10H,4-8H2,1-3H3,(H,20,21). The van der Waals surface area contributed by atoms with E-state index in [0.717, 1.165) is 13.0 Å². The Hall–Kier alpha value is -2.38. The second kappa shape index (κ2) is 6.80. The van der Waals surface area contributed by atoms with Gasteiger partial charge in [-0.15, -0.1) is 0 Å². The van der Waals surface area contributed by atoms with Crippen LogP contribution in [0, 0.1) is 0 Å². The zero-order valence-corrected chi connectivity index (χ0v) is 13.7. The molecule has 1 aliphatic heterocycles. The van der Waals surface area contributed by atoms with E-state index in [1.165, 1.54) is 12.4 Å². The van der Waals surface area contributed by atoms with E-state index in [1.807, 2.05) is 25.7 Å². The molecule has 0 bridgehead atoms. The molecule has 1 amide bonds. The highest BCUT2D eigenvalue weighted by Crippen LogP contribution is 2.15. The predicted molar refractivity (Wildman–Crippen MR) is 83.6 cm³/mol. The molecule has 8 heteroatoms. The van der Waals surface area contributed by atoms with Gasteiger partial charge in [-0.3, -0.25) is 0 Å². The molecule has 0 aliphatic carbocycles. The van der Waals surface area contributed by atoms with E-state index in [1.54, 1.807) is 4.90 Å². The van der Waals surface area contributed by atoms with Crippen LogP contribution in [0.4, 0.5) is 10.6 Å². The smallest absolute Gasteiger partial charge is 0.410 e. The first-order valence-corrected chi connectivity index (χ1v) is 7.54. The third-order valence-corrected chi connectivity index (χ3v) is 3.33. The van der Waals surface area contributed by atoms with E-state index < -0.39 is 11.6 Å². The maximum Gasteiger partial charge on any atom is 0.410 e. The molecule has 0 aromatic carbocycles. The molecule has 1 fully saturated rings. The third-order valence-electron chi connectivity index (χ3n) is 3.33. The molecule has 1 N–H and O–H groups in total. The van der Waals surface area contributed by atoms with Crippen LogP contribution in [0.2, 0.25) is 0 Å². The van der Waals surface area contributed by atoms with Crippen LogP contribution in [0.15, 0.2) is 12.4 Å². The van der Waals surface area contributed by atoms with Crippen LogP contribution in [-0.4, -0.2) is 63.8 Å². The number of rotatable bonds is 2. The lowest BCUT2D eigenvalue weighted by atomic mass is 10.2. The van der Waals surface area contributed by atoms with Gasteiger partial charge in [0.15, 0.2) is 5.69 Å². The number of anilines is 1. The summed E-state index contributed by atoms with van der Waals surface area (Å²) < 4.78 is 5.39. The molecule has 0 radical (unpaired) electrons. The summed E-state index contributed by atoms with van der Waals surface area (Å²) in [7, 11) is 0. The van der Waals surface area contributed by atoms with Crippen LogP contribution >= 0.6 is 0 Å². The second-order valence-corrected chi connectivity index (χ2v) is 6.37. The third kappa shape index (κ3) is 4.80. The van der Waals surface area contributed by atoms with Crippen molar-refractivity contribution >= 4 is 17.9 Å². The SMILES string of the molecule is CC(C)(C)OC(=O)N1CCCN(c2cnc(C(=O)O)cn2)CC1. The summed E-state index contributed by atoms with van der Waals surface area (Å²) in [4.78, 5) is 34.6. The summed E-state index contributed by atoms with van der Waals surface area (Å²) in [5.41, 5.74) is -0.597. The number of aromatic nitrogens is 2. The van der Waals surface area contributed by atoms with Crippen LogP contribution < -0.4 is 4.90 Å². The van der Waals surface area contributed by atoms with Gasteiger partial charge in [0.2, 0.25) is 0 Å². The Morgan fingerprint density at radius 2 is 1.87 bits per heavy atom. The lowest BCUT2D eigenvalue weighted by molar-refractivity contribution is 0.0263. The molecule has 0 unspecified atom stereocenters. The number of carboxylic acids is 1. The Labute approximate surface area is 135 Å². The molecule has 1 saturated heterocycles. The van der Waals surface area contributed by atoms with Gasteiger partial charge in [0.05, 0.1) is 12.4 Å². The van der Waals surface area contributed by atoms with E-state index in [9.17, 15) is 9.59 Å². The Kier molecular flexibility index (Phi) is 5.02. The zero-order chi connectivity index (χ0) is 17.0. The van der Waals surface area contributed by atoms with E-state index in [4.69, 9.17) is 9.84 Å². The second-order valence-electron chi connectivity index (χ2n) is 6.37. The van der Waals surface area contributed by atoms with Gasteiger partial charge in [-0.25, -0.2) is 19.6 Å². The number of carbonyl (C=O) groups excluding carboxylic acids is 1. The van der Waals surface area contributed by atoms with Crippen molar-refractivity contribution in [1.29, 1.82) is 0 Å². The Morgan fingerprint density at radius 1 is 1.13 bits per heavy atom.